The van der Waals surface area contributed by atoms with Crippen LogP contribution in [0.15, 0.2) is 29.1 Å². The van der Waals surface area contributed by atoms with Crippen LogP contribution in [-0.2, 0) is 11.3 Å². The molecule has 11 nitrogen and oxygen atoms in total. The second kappa shape index (κ2) is 8.28. The average molecular weight is 484 g/mol. The minimum absolute atomic E-state index is 0.0198. The van der Waals surface area contributed by atoms with E-state index in [-0.39, 0.29) is 65.1 Å². The lowest BCUT2D eigenvalue weighted by Crippen LogP contribution is -2.50. The molecule has 5 rings (SSSR count). The fourth-order valence-corrected chi connectivity index (χ4v) is 5.35. The molecule has 1 aromatic heterocycles. The number of likely N-dealkylation sites (tertiary alicyclic amines) is 1. The van der Waals surface area contributed by atoms with Gasteiger partial charge in [-0.1, -0.05) is 0 Å². The first kappa shape index (κ1) is 23.2. The first-order valence-corrected chi connectivity index (χ1v) is 11.4. The Hall–Kier alpha value is -3.57. The van der Waals surface area contributed by atoms with Crippen molar-refractivity contribution in [2.75, 3.05) is 24.9 Å². The van der Waals surface area contributed by atoms with Gasteiger partial charge in [-0.2, -0.15) is 0 Å². The van der Waals surface area contributed by atoms with Gasteiger partial charge in [0.25, 0.3) is 11.5 Å². The average Bonchev–Trinajstić information content (AvgIpc) is 2.76. The summed E-state index contributed by atoms with van der Waals surface area (Å²) in [6.45, 7) is 4.45. The van der Waals surface area contributed by atoms with Crippen molar-refractivity contribution in [3.8, 4) is 17.2 Å². The quantitative estimate of drug-likeness (QED) is 0.623. The highest BCUT2D eigenvalue weighted by Gasteiger charge is 2.37. The highest BCUT2D eigenvalue weighted by Crippen LogP contribution is 2.41. The number of carbonyl (C=O) groups excluding carboxylic acids is 2. The predicted octanol–water partition coefficient (Wildman–Crippen LogP) is 2.02. The number of fused-ring (bicyclic) bond motifs is 5. The molecule has 0 spiro atoms. The monoisotopic (exact) mass is 484 g/mol. The maximum atomic E-state index is 13.0. The van der Waals surface area contributed by atoms with Gasteiger partial charge in [-0.05, 0) is 38.3 Å². The number of ketones is 1. The number of rotatable bonds is 4. The van der Waals surface area contributed by atoms with Crippen LogP contribution < -0.4 is 20.3 Å². The summed E-state index contributed by atoms with van der Waals surface area (Å²) in [6.07, 6.45) is 0.957. The molecule has 2 bridgehead atoms. The molecule has 0 aliphatic carbocycles. The number of carbonyl (C=O) groups is 2. The molecule has 2 aromatic rings. The number of aromatic hydroxyl groups is 1. The number of Topliss-reactive ketones (excluding diaryl/α,β-unsaturated/α-hetero) is 1. The minimum Gasteiger partial charge on any atom is -0.733 e. The third-order valence-corrected chi connectivity index (χ3v) is 6.81. The molecule has 1 fully saturated rings. The summed E-state index contributed by atoms with van der Waals surface area (Å²) in [7, 11) is 0. The molecule has 186 valence electrons. The number of piperidine rings is 1. The normalized spacial score (nSPS) is 22.1. The number of phenols is 1. The van der Waals surface area contributed by atoms with E-state index in [9.17, 15) is 24.7 Å². The molecule has 4 heterocycles. The van der Waals surface area contributed by atoms with E-state index in [2.05, 4.69) is 0 Å². The van der Waals surface area contributed by atoms with E-state index < -0.39 is 16.4 Å². The molecule has 1 saturated heterocycles. The molecule has 3 aliphatic heterocycles. The van der Waals surface area contributed by atoms with Crippen LogP contribution in [-0.4, -0.2) is 56.8 Å². The van der Waals surface area contributed by atoms with Crippen LogP contribution in [0.2, 0.25) is 0 Å². The third kappa shape index (κ3) is 4.21. The zero-order valence-corrected chi connectivity index (χ0v) is 19.4. The summed E-state index contributed by atoms with van der Waals surface area (Å²) < 4.78 is 13.0. The number of amides is 1. The SMILES string of the molecule is CC1(C)CC(=O)c2c(O)cc(OCC(=O)N3C[C@@H]4C[C@@H](C3)c3ccc(N([O-])O)c(=O)n3C4)cc2O1. The predicted molar refractivity (Wildman–Crippen MR) is 123 cm³/mol. The van der Waals surface area contributed by atoms with Crippen molar-refractivity contribution in [3.05, 3.63) is 51.1 Å². The lowest BCUT2D eigenvalue weighted by molar-refractivity contribution is -0.136. The molecule has 1 amide bonds. The second-order valence-electron chi connectivity index (χ2n) is 10.00. The molecule has 1 aromatic carbocycles. The molecule has 11 heteroatoms. The topological polar surface area (TPSA) is 145 Å². The van der Waals surface area contributed by atoms with E-state index in [4.69, 9.17) is 14.7 Å². The lowest BCUT2D eigenvalue weighted by Gasteiger charge is -2.43. The van der Waals surface area contributed by atoms with Crippen molar-refractivity contribution in [2.45, 2.75) is 44.8 Å². The van der Waals surface area contributed by atoms with Gasteiger partial charge in [0, 0.05) is 43.4 Å². The Labute approximate surface area is 200 Å². The first-order chi connectivity index (χ1) is 16.5. The van der Waals surface area contributed by atoms with Gasteiger partial charge in [-0.15, -0.1) is 0 Å². The molecule has 0 unspecified atom stereocenters. The summed E-state index contributed by atoms with van der Waals surface area (Å²) in [5.74, 6) is -0.339. The molecule has 3 aliphatic rings. The first-order valence-electron chi connectivity index (χ1n) is 11.4. The van der Waals surface area contributed by atoms with E-state index >= 15 is 0 Å². The van der Waals surface area contributed by atoms with Crippen LogP contribution in [0.5, 0.6) is 17.2 Å². The van der Waals surface area contributed by atoms with Gasteiger partial charge in [0.1, 0.15) is 34.1 Å². The summed E-state index contributed by atoms with van der Waals surface area (Å²) in [4.78, 5) is 39.6. The van der Waals surface area contributed by atoms with Crippen LogP contribution in [0.4, 0.5) is 5.69 Å². The van der Waals surface area contributed by atoms with E-state index in [0.717, 1.165) is 12.1 Å². The Morgan fingerprint density at radius 1 is 1.26 bits per heavy atom. The zero-order valence-electron chi connectivity index (χ0n) is 19.4. The minimum atomic E-state index is -0.710. The van der Waals surface area contributed by atoms with E-state index in [0.29, 0.717) is 19.6 Å². The lowest BCUT2D eigenvalue weighted by atomic mass is 9.83. The molecule has 0 saturated carbocycles. The van der Waals surface area contributed by atoms with Crippen LogP contribution >= 0.6 is 0 Å². The Bertz CT molecular complexity index is 1270. The van der Waals surface area contributed by atoms with Gasteiger partial charge in [-0.3, -0.25) is 19.6 Å². The van der Waals surface area contributed by atoms with Gasteiger partial charge in [0.05, 0.1) is 6.42 Å². The van der Waals surface area contributed by atoms with Crippen molar-refractivity contribution in [3.63, 3.8) is 0 Å². The summed E-state index contributed by atoms with van der Waals surface area (Å²) >= 11 is 0. The summed E-state index contributed by atoms with van der Waals surface area (Å²) in [6, 6.07) is 5.74. The highest BCUT2D eigenvalue weighted by molar-refractivity contribution is 6.03. The van der Waals surface area contributed by atoms with Gasteiger partial charge >= 0.3 is 0 Å². The molecule has 0 radical (unpaired) electrons. The molecular weight excluding hydrogens is 458 g/mol. The Morgan fingerprint density at radius 3 is 2.77 bits per heavy atom. The molecular formula is C24H26N3O8-. The standard InChI is InChI=1S/C24H26N3O8/c1-24(2)8-19(29)22-18(28)6-15(7-20(22)35-24)34-12-21(30)25-9-13-5-14(11-25)16-3-4-17(27(32)33)23(31)26(16)10-13/h3-4,6-7,13-14,28,32H,5,8-12H2,1-2H3/q-1/t13-,14-/m0/s1. The van der Waals surface area contributed by atoms with Gasteiger partial charge < -0.3 is 34.5 Å². The van der Waals surface area contributed by atoms with E-state index in [1.807, 2.05) is 0 Å². The van der Waals surface area contributed by atoms with Crippen molar-refractivity contribution >= 4 is 17.4 Å². The number of pyridine rings is 1. The van der Waals surface area contributed by atoms with E-state index in [1.165, 1.54) is 22.8 Å². The van der Waals surface area contributed by atoms with Crippen LogP contribution in [0, 0.1) is 11.1 Å². The largest absolute Gasteiger partial charge is 0.733 e. The van der Waals surface area contributed by atoms with Crippen LogP contribution in [0.25, 0.3) is 0 Å². The maximum Gasteiger partial charge on any atom is 0.275 e. The fourth-order valence-electron chi connectivity index (χ4n) is 5.35. The number of phenolic OH excluding ortho intramolecular Hbond substituents is 1. The Morgan fingerprint density at radius 2 is 2.03 bits per heavy atom. The van der Waals surface area contributed by atoms with Gasteiger partial charge in [0.15, 0.2) is 12.4 Å². The Balaban J connectivity index is 1.29. The van der Waals surface area contributed by atoms with Gasteiger partial charge in [0.2, 0.25) is 0 Å². The van der Waals surface area contributed by atoms with Crippen LogP contribution in [0.3, 0.4) is 0 Å². The summed E-state index contributed by atoms with van der Waals surface area (Å²) in [5.41, 5.74) is -0.755. The number of hydrogen-bond donors (Lipinski definition) is 2. The molecule has 2 N–H and O–H groups in total. The Kier molecular flexibility index (Phi) is 5.48. The smallest absolute Gasteiger partial charge is 0.275 e. The summed E-state index contributed by atoms with van der Waals surface area (Å²) in [5, 5.41) is 30.3. The van der Waals surface area contributed by atoms with Crippen molar-refractivity contribution < 1.29 is 29.4 Å². The van der Waals surface area contributed by atoms with E-state index in [1.54, 1.807) is 24.8 Å². The van der Waals surface area contributed by atoms with Gasteiger partial charge in [-0.25, -0.2) is 0 Å². The number of hydrogen-bond acceptors (Lipinski definition) is 9. The zero-order chi connectivity index (χ0) is 25.1. The van der Waals surface area contributed by atoms with Crippen molar-refractivity contribution in [2.24, 2.45) is 5.92 Å². The maximum absolute atomic E-state index is 13.0. The molecule has 35 heavy (non-hydrogen) atoms. The number of ether oxygens (including phenoxy) is 2. The second-order valence-corrected chi connectivity index (χ2v) is 10.00. The van der Waals surface area contributed by atoms with Crippen LogP contribution in [0.1, 0.15) is 48.7 Å². The molecule has 2 atom stereocenters. The third-order valence-electron chi connectivity index (χ3n) is 6.81. The van der Waals surface area contributed by atoms with Crippen molar-refractivity contribution in [1.29, 1.82) is 0 Å². The van der Waals surface area contributed by atoms with Crippen molar-refractivity contribution in [1.82, 2.24) is 9.47 Å². The highest BCUT2D eigenvalue weighted by atomic mass is 16.8. The number of aromatic nitrogens is 1. The number of anilines is 1. The number of nitrogens with zero attached hydrogens (tertiary/aromatic N) is 3. The fraction of sp³-hybridized carbons (Fsp3) is 0.458. The number of benzene rings is 1.